The largest absolute Gasteiger partial charge is 0.399 e. The standard InChI is InChI=1S/C14H16N4O3/c15-9-1-2-10-8(5-9)6-11(17-10)14(20)18-3-4-21-7-12(18)13(16)19/h1-2,5-6,12,17H,3-4,7,15H2,(H2,16,19). The van der Waals surface area contributed by atoms with Crippen molar-refractivity contribution in [3.8, 4) is 0 Å². The molecule has 7 nitrogen and oxygen atoms in total. The monoisotopic (exact) mass is 288 g/mol. The molecule has 21 heavy (non-hydrogen) atoms. The van der Waals surface area contributed by atoms with E-state index in [2.05, 4.69) is 4.98 Å². The second kappa shape index (κ2) is 5.10. The van der Waals surface area contributed by atoms with Crippen molar-refractivity contribution in [3.63, 3.8) is 0 Å². The van der Waals surface area contributed by atoms with Crippen LogP contribution in [0.2, 0.25) is 0 Å². The third-order valence-electron chi connectivity index (χ3n) is 3.59. The highest BCUT2D eigenvalue weighted by Crippen LogP contribution is 2.20. The molecule has 3 rings (SSSR count). The molecule has 0 radical (unpaired) electrons. The molecule has 7 heteroatoms. The van der Waals surface area contributed by atoms with Gasteiger partial charge < -0.3 is 26.1 Å². The highest BCUT2D eigenvalue weighted by atomic mass is 16.5. The fraction of sp³-hybridized carbons (Fsp3) is 0.286. The molecule has 2 amide bonds. The number of anilines is 1. The fourth-order valence-electron chi connectivity index (χ4n) is 2.50. The molecular weight excluding hydrogens is 272 g/mol. The van der Waals surface area contributed by atoms with E-state index in [9.17, 15) is 9.59 Å². The summed E-state index contributed by atoms with van der Waals surface area (Å²) >= 11 is 0. The third-order valence-corrected chi connectivity index (χ3v) is 3.59. The predicted octanol–water partition coefficient (Wildman–Crippen LogP) is 0.0764. The number of ether oxygens (including phenoxy) is 1. The van der Waals surface area contributed by atoms with Crippen LogP contribution < -0.4 is 11.5 Å². The van der Waals surface area contributed by atoms with Gasteiger partial charge in [0.1, 0.15) is 11.7 Å². The number of rotatable bonds is 2. The fourth-order valence-corrected chi connectivity index (χ4v) is 2.50. The number of hydrogen-bond acceptors (Lipinski definition) is 4. The summed E-state index contributed by atoms with van der Waals surface area (Å²) in [4.78, 5) is 28.5. The average Bonchev–Trinajstić information content (AvgIpc) is 2.89. The Hall–Kier alpha value is -2.54. The molecule has 1 saturated heterocycles. The summed E-state index contributed by atoms with van der Waals surface area (Å²) in [5.74, 6) is -0.833. The number of aromatic amines is 1. The van der Waals surface area contributed by atoms with Crippen LogP contribution in [0.4, 0.5) is 5.69 Å². The summed E-state index contributed by atoms with van der Waals surface area (Å²) in [6.07, 6.45) is 0. The summed E-state index contributed by atoms with van der Waals surface area (Å²) in [6, 6.07) is 6.35. The number of benzene rings is 1. The van der Waals surface area contributed by atoms with Gasteiger partial charge in [0.2, 0.25) is 5.91 Å². The van der Waals surface area contributed by atoms with Gasteiger partial charge in [0, 0.05) is 23.1 Å². The molecule has 0 spiro atoms. The molecule has 2 heterocycles. The smallest absolute Gasteiger partial charge is 0.271 e. The topological polar surface area (TPSA) is 114 Å². The first-order valence-corrected chi connectivity index (χ1v) is 6.62. The summed E-state index contributed by atoms with van der Waals surface area (Å²) in [6.45, 7) is 0.862. The molecule has 110 valence electrons. The highest BCUT2D eigenvalue weighted by Gasteiger charge is 2.32. The minimum Gasteiger partial charge on any atom is -0.399 e. The molecule has 1 atom stereocenters. The summed E-state index contributed by atoms with van der Waals surface area (Å²) < 4.78 is 5.21. The maximum Gasteiger partial charge on any atom is 0.271 e. The van der Waals surface area contributed by atoms with Crippen LogP contribution in [0.1, 0.15) is 10.5 Å². The van der Waals surface area contributed by atoms with Crippen molar-refractivity contribution in [1.82, 2.24) is 9.88 Å². The van der Waals surface area contributed by atoms with Gasteiger partial charge >= 0.3 is 0 Å². The van der Waals surface area contributed by atoms with Gasteiger partial charge in [-0.15, -0.1) is 0 Å². The van der Waals surface area contributed by atoms with Crippen LogP contribution in [0.3, 0.4) is 0 Å². The van der Waals surface area contributed by atoms with E-state index >= 15 is 0 Å². The van der Waals surface area contributed by atoms with E-state index in [4.69, 9.17) is 16.2 Å². The number of aromatic nitrogens is 1. The molecule has 0 bridgehead atoms. The molecule has 2 aromatic rings. The Kier molecular flexibility index (Phi) is 3.26. The van der Waals surface area contributed by atoms with Crippen LogP contribution in [-0.4, -0.2) is 47.5 Å². The Morgan fingerprint density at radius 1 is 1.33 bits per heavy atom. The number of hydrogen-bond donors (Lipinski definition) is 3. The first-order valence-electron chi connectivity index (χ1n) is 6.62. The van der Waals surface area contributed by atoms with Crippen molar-refractivity contribution in [2.75, 3.05) is 25.5 Å². The first-order chi connectivity index (χ1) is 10.1. The number of amides is 2. The van der Waals surface area contributed by atoms with Crippen LogP contribution in [0.15, 0.2) is 24.3 Å². The number of carbonyl (C=O) groups excluding carboxylic acids is 2. The maximum absolute atomic E-state index is 12.6. The minimum absolute atomic E-state index is 0.133. The summed E-state index contributed by atoms with van der Waals surface area (Å²) in [5.41, 5.74) is 12.9. The number of H-pyrrole nitrogens is 1. The number of morpholine rings is 1. The SMILES string of the molecule is NC(=O)C1COCCN1C(=O)c1cc2cc(N)ccc2[nH]1. The number of nitrogens with zero attached hydrogens (tertiary/aromatic N) is 1. The Balaban J connectivity index is 1.93. The lowest BCUT2D eigenvalue weighted by Gasteiger charge is -2.33. The van der Waals surface area contributed by atoms with E-state index in [-0.39, 0.29) is 12.5 Å². The second-order valence-corrected chi connectivity index (χ2v) is 5.02. The first kappa shape index (κ1) is 13.4. The van der Waals surface area contributed by atoms with Gasteiger partial charge in [0.25, 0.3) is 5.91 Å². The van der Waals surface area contributed by atoms with Gasteiger partial charge in [-0.05, 0) is 24.3 Å². The van der Waals surface area contributed by atoms with E-state index in [0.717, 1.165) is 10.9 Å². The Bertz CT molecular complexity index is 709. The minimum atomic E-state index is -0.734. The van der Waals surface area contributed by atoms with Gasteiger partial charge in [0.15, 0.2) is 0 Å². The van der Waals surface area contributed by atoms with Crippen molar-refractivity contribution < 1.29 is 14.3 Å². The molecule has 1 aromatic heterocycles. The number of carbonyl (C=O) groups is 2. The van der Waals surface area contributed by atoms with Crippen molar-refractivity contribution in [2.24, 2.45) is 5.73 Å². The zero-order chi connectivity index (χ0) is 15.0. The molecule has 0 aliphatic carbocycles. The lowest BCUT2D eigenvalue weighted by atomic mass is 10.2. The maximum atomic E-state index is 12.6. The lowest BCUT2D eigenvalue weighted by Crippen LogP contribution is -2.54. The Morgan fingerprint density at radius 3 is 2.90 bits per heavy atom. The van der Waals surface area contributed by atoms with E-state index in [1.165, 1.54) is 4.90 Å². The Morgan fingerprint density at radius 2 is 2.14 bits per heavy atom. The molecular formula is C14H16N4O3. The normalized spacial score (nSPS) is 18.9. The molecule has 0 saturated carbocycles. The quantitative estimate of drug-likeness (QED) is 0.679. The molecule has 1 aliphatic rings. The number of nitrogens with two attached hydrogens (primary N) is 2. The van der Waals surface area contributed by atoms with Crippen molar-refractivity contribution in [1.29, 1.82) is 0 Å². The Labute approximate surface area is 120 Å². The van der Waals surface area contributed by atoms with Crippen LogP contribution >= 0.6 is 0 Å². The molecule has 1 fully saturated rings. The van der Waals surface area contributed by atoms with Crippen molar-refractivity contribution in [2.45, 2.75) is 6.04 Å². The van der Waals surface area contributed by atoms with E-state index < -0.39 is 11.9 Å². The number of fused-ring (bicyclic) bond motifs is 1. The molecule has 5 N–H and O–H groups in total. The summed E-state index contributed by atoms with van der Waals surface area (Å²) in [7, 11) is 0. The van der Waals surface area contributed by atoms with Gasteiger partial charge in [-0.3, -0.25) is 9.59 Å². The number of nitrogen functional groups attached to an aromatic ring is 1. The number of nitrogens with one attached hydrogen (secondary N) is 1. The summed E-state index contributed by atoms with van der Waals surface area (Å²) in [5, 5.41) is 0.849. The van der Waals surface area contributed by atoms with Gasteiger partial charge in [-0.2, -0.15) is 0 Å². The van der Waals surface area contributed by atoms with E-state index in [0.29, 0.717) is 24.5 Å². The van der Waals surface area contributed by atoms with Crippen LogP contribution in [0.25, 0.3) is 10.9 Å². The molecule has 1 aromatic carbocycles. The van der Waals surface area contributed by atoms with E-state index in [1.54, 1.807) is 18.2 Å². The molecule has 1 unspecified atom stereocenters. The number of primary amides is 1. The second-order valence-electron chi connectivity index (χ2n) is 5.02. The van der Waals surface area contributed by atoms with Crippen molar-refractivity contribution >= 4 is 28.4 Å². The van der Waals surface area contributed by atoms with Gasteiger partial charge in [-0.1, -0.05) is 0 Å². The van der Waals surface area contributed by atoms with Crippen LogP contribution in [0.5, 0.6) is 0 Å². The van der Waals surface area contributed by atoms with Crippen LogP contribution in [-0.2, 0) is 9.53 Å². The zero-order valence-electron chi connectivity index (χ0n) is 11.3. The predicted molar refractivity (Wildman–Crippen MR) is 77.5 cm³/mol. The lowest BCUT2D eigenvalue weighted by molar-refractivity contribution is -0.127. The van der Waals surface area contributed by atoms with Crippen molar-refractivity contribution in [3.05, 3.63) is 30.0 Å². The average molecular weight is 288 g/mol. The third kappa shape index (κ3) is 2.43. The van der Waals surface area contributed by atoms with Crippen LogP contribution in [0, 0.1) is 0 Å². The van der Waals surface area contributed by atoms with E-state index in [1.807, 2.05) is 6.07 Å². The molecule has 1 aliphatic heterocycles. The van der Waals surface area contributed by atoms with Gasteiger partial charge in [0.05, 0.1) is 13.2 Å². The van der Waals surface area contributed by atoms with Gasteiger partial charge in [-0.25, -0.2) is 0 Å². The zero-order valence-corrected chi connectivity index (χ0v) is 11.3. The highest BCUT2D eigenvalue weighted by molar-refractivity contribution is 6.00.